The predicted molar refractivity (Wildman–Crippen MR) is 99.4 cm³/mol. The van der Waals surface area contributed by atoms with E-state index < -0.39 is 0 Å². The SMILES string of the molecule is CCc1ccc2c(c1)-c1ccccc1-c1ccccc1N2CC. The summed E-state index contributed by atoms with van der Waals surface area (Å²) in [5, 5.41) is 0. The monoisotopic (exact) mass is 299 g/mol. The summed E-state index contributed by atoms with van der Waals surface area (Å²) in [6.45, 7) is 5.41. The van der Waals surface area contributed by atoms with Gasteiger partial charge in [-0.2, -0.15) is 0 Å². The molecule has 0 aliphatic carbocycles. The highest BCUT2D eigenvalue weighted by Gasteiger charge is 2.23. The van der Waals surface area contributed by atoms with Crippen LogP contribution in [0.2, 0.25) is 0 Å². The third-order valence-electron chi connectivity index (χ3n) is 4.78. The van der Waals surface area contributed by atoms with Crippen molar-refractivity contribution in [2.24, 2.45) is 0 Å². The lowest BCUT2D eigenvalue weighted by molar-refractivity contribution is 1.03. The number of fused-ring (bicyclic) bond motifs is 5. The molecule has 4 rings (SSSR count). The molecule has 0 spiro atoms. The maximum absolute atomic E-state index is 2.43. The van der Waals surface area contributed by atoms with Crippen LogP contribution in [0.1, 0.15) is 19.4 Å². The molecule has 3 aromatic rings. The molecule has 0 fully saturated rings. The first-order chi connectivity index (χ1) is 11.3. The minimum atomic E-state index is 0.962. The van der Waals surface area contributed by atoms with Gasteiger partial charge in [0.1, 0.15) is 0 Å². The summed E-state index contributed by atoms with van der Waals surface area (Å²) in [6.07, 6.45) is 1.06. The Balaban J connectivity index is 2.12. The summed E-state index contributed by atoms with van der Waals surface area (Å²) >= 11 is 0. The quantitative estimate of drug-likeness (QED) is 0.556. The molecular weight excluding hydrogens is 278 g/mol. The molecule has 0 saturated carbocycles. The molecule has 1 heteroatoms. The lowest BCUT2D eigenvalue weighted by atomic mass is 9.93. The molecular formula is C22H21N. The maximum atomic E-state index is 2.43. The van der Waals surface area contributed by atoms with E-state index in [0.717, 1.165) is 13.0 Å². The number of rotatable bonds is 2. The van der Waals surface area contributed by atoms with Gasteiger partial charge >= 0.3 is 0 Å². The minimum Gasteiger partial charge on any atom is -0.341 e. The standard InChI is InChI=1S/C22H21N/c1-3-16-13-14-22-20(15-16)18-10-6-5-9-17(18)19-11-7-8-12-21(19)23(22)4-2/h5-15H,3-4H2,1-2H3. The Morgan fingerprint density at radius 2 is 1.26 bits per heavy atom. The van der Waals surface area contributed by atoms with Crippen molar-refractivity contribution in [1.82, 2.24) is 0 Å². The second-order valence-electron chi connectivity index (χ2n) is 6.01. The van der Waals surface area contributed by atoms with Gasteiger partial charge in [-0.1, -0.05) is 55.5 Å². The molecule has 0 radical (unpaired) electrons. The first-order valence-corrected chi connectivity index (χ1v) is 8.42. The van der Waals surface area contributed by atoms with Gasteiger partial charge in [0.05, 0.1) is 0 Å². The van der Waals surface area contributed by atoms with Gasteiger partial charge in [-0.15, -0.1) is 0 Å². The third kappa shape index (κ3) is 2.16. The Bertz CT molecular complexity index is 863. The number of hydrogen-bond acceptors (Lipinski definition) is 1. The number of hydrogen-bond donors (Lipinski definition) is 0. The molecule has 0 saturated heterocycles. The van der Waals surface area contributed by atoms with Gasteiger partial charge in [0.15, 0.2) is 0 Å². The van der Waals surface area contributed by atoms with Gasteiger partial charge in [-0.3, -0.25) is 0 Å². The van der Waals surface area contributed by atoms with Gasteiger partial charge in [0.25, 0.3) is 0 Å². The maximum Gasteiger partial charge on any atom is 0.0490 e. The van der Waals surface area contributed by atoms with E-state index in [-0.39, 0.29) is 0 Å². The van der Waals surface area contributed by atoms with Gasteiger partial charge in [0.2, 0.25) is 0 Å². The minimum absolute atomic E-state index is 0.962. The first kappa shape index (κ1) is 14.1. The summed E-state index contributed by atoms with van der Waals surface area (Å²) < 4.78 is 0. The topological polar surface area (TPSA) is 3.24 Å². The van der Waals surface area contributed by atoms with Crippen LogP contribution in [0.25, 0.3) is 22.3 Å². The van der Waals surface area contributed by atoms with Crippen molar-refractivity contribution >= 4 is 11.4 Å². The van der Waals surface area contributed by atoms with E-state index >= 15 is 0 Å². The molecule has 0 aromatic heterocycles. The highest BCUT2D eigenvalue weighted by Crippen LogP contribution is 2.47. The van der Waals surface area contributed by atoms with Crippen molar-refractivity contribution in [3.63, 3.8) is 0 Å². The Morgan fingerprint density at radius 3 is 1.96 bits per heavy atom. The van der Waals surface area contributed by atoms with Crippen LogP contribution in [0.15, 0.2) is 66.7 Å². The summed E-state index contributed by atoms with van der Waals surface area (Å²) in [5.41, 5.74) is 9.32. The Hall–Kier alpha value is -2.54. The van der Waals surface area contributed by atoms with Crippen LogP contribution < -0.4 is 4.90 Å². The molecule has 1 nitrogen and oxygen atoms in total. The fraction of sp³-hybridized carbons (Fsp3) is 0.182. The molecule has 1 aliphatic heterocycles. The van der Waals surface area contributed by atoms with E-state index in [1.807, 2.05) is 0 Å². The Kier molecular flexibility index (Phi) is 3.42. The smallest absolute Gasteiger partial charge is 0.0490 e. The van der Waals surface area contributed by atoms with Crippen LogP contribution in [0.5, 0.6) is 0 Å². The molecule has 0 bridgehead atoms. The zero-order valence-electron chi connectivity index (χ0n) is 13.7. The van der Waals surface area contributed by atoms with E-state index in [4.69, 9.17) is 0 Å². The molecule has 0 atom stereocenters. The molecule has 3 aromatic carbocycles. The highest BCUT2D eigenvalue weighted by molar-refractivity contribution is 5.99. The zero-order chi connectivity index (χ0) is 15.8. The molecule has 1 heterocycles. The predicted octanol–water partition coefficient (Wildman–Crippen LogP) is 6.05. The summed E-state index contributed by atoms with van der Waals surface area (Å²) in [5.74, 6) is 0. The Morgan fingerprint density at radius 1 is 0.652 bits per heavy atom. The van der Waals surface area contributed by atoms with Crippen LogP contribution in [-0.4, -0.2) is 6.54 Å². The van der Waals surface area contributed by atoms with Crippen molar-refractivity contribution in [2.75, 3.05) is 11.4 Å². The first-order valence-electron chi connectivity index (χ1n) is 8.42. The Labute approximate surface area is 138 Å². The van der Waals surface area contributed by atoms with E-state index in [9.17, 15) is 0 Å². The largest absolute Gasteiger partial charge is 0.341 e. The van der Waals surface area contributed by atoms with Gasteiger partial charge in [-0.25, -0.2) is 0 Å². The summed E-state index contributed by atoms with van der Waals surface area (Å²) in [7, 11) is 0. The number of benzene rings is 3. The fourth-order valence-electron chi connectivity index (χ4n) is 3.61. The van der Waals surface area contributed by atoms with E-state index in [0.29, 0.717) is 0 Å². The number of aryl methyl sites for hydroxylation is 1. The van der Waals surface area contributed by atoms with Gasteiger partial charge in [0, 0.05) is 29.0 Å². The van der Waals surface area contributed by atoms with Crippen molar-refractivity contribution in [3.05, 3.63) is 72.3 Å². The molecule has 1 aliphatic rings. The van der Waals surface area contributed by atoms with E-state index in [1.165, 1.54) is 39.2 Å². The van der Waals surface area contributed by atoms with Gasteiger partial charge in [-0.05, 0) is 48.2 Å². The lowest BCUT2D eigenvalue weighted by Gasteiger charge is -2.25. The molecule has 23 heavy (non-hydrogen) atoms. The normalized spacial score (nSPS) is 12.2. The van der Waals surface area contributed by atoms with E-state index in [1.54, 1.807) is 0 Å². The molecule has 0 amide bonds. The molecule has 0 unspecified atom stereocenters. The zero-order valence-corrected chi connectivity index (χ0v) is 13.7. The number of anilines is 2. The number of para-hydroxylation sites is 1. The average molecular weight is 299 g/mol. The highest BCUT2D eigenvalue weighted by atomic mass is 15.1. The van der Waals surface area contributed by atoms with Crippen molar-refractivity contribution in [1.29, 1.82) is 0 Å². The lowest BCUT2D eigenvalue weighted by Crippen LogP contribution is -2.16. The van der Waals surface area contributed by atoms with E-state index in [2.05, 4.69) is 85.5 Å². The van der Waals surface area contributed by atoms with Crippen LogP contribution in [0, 0.1) is 0 Å². The summed E-state index contributed by atoms with van der Waals surface area (Å²) in [6, 6.07) is 24.4. The van der Waals surface area contributed by atoms with Crippen LogP contribution >= 0.6 is 0 Å². The van der Waals surface area contributed by atoms with Crippen LogP contribution in [0.3, 0.4) is 0 Å². The van der Waals surface area contributed by atoms with Crippen molar-refractivity contribution < 1.29 is 0 Å². The van der Waals surface area contributed by atoms with Crippen molar-refractivity contribution in [2.45, 2.75) is 20.3 Å². The third-order valence-corrected chi connectivity index (χ3v) is 4.78. The molecule has 0 N–H and O–H groups in total. The molecule has 114 valence electrons. The van der Waals surface area contributed by atoms with Crippen molar-refractivity contribution in [3.8, 4) is 22.3 Å². The fourth-order valence-corrected chi connectivity index (χ4v) is 3.61. The average Bonchev–Trinajstić information content (AvgIpc) is 2.74. The van der Waals surface area contributed by atoms with Crippen LogP contribution in [-0.2, 0) is 6.42 Å². The second-order valence-corrected chi connectivity index (χ2v) is 6.01. The second kappa shape index (κ2) is 5.58. The number of nitrogens with zero attached hydrogens (tertiary/aromatic N) is 1. The summed E-state index contributed by atoms with van der Waals surface area (Å²) in [4.78, 5) is 2.43. The van der Waals surface area contributed by atoms with Gasteiger partial charge < -0.3 is 4.90 Å². The van der Waals surface area contributed by atoms with Crippen LogP contribution in [0.4, 0.5) is 11.4 Å².